The Morgan fingerprint density at radius 2 is 2.05 bits per heavy atom. The van der Waals surface area contributed by atoms with Gasteiger partial charge in [-0.3, -0.25) is 0 Å². The summed E-state index contributed by atoms with van der Waals surface area (Å²) in [6, 6.07) is 8.23. The van der Waals surface area contributed by atoms with Crippen LogP contribution in [0.15, 0.2) is 33.3 Å². The van der Waals surface area contributed by atoms with Gasteiger partial charge in [-0.05, 0) is 24.6 Å². The lowest BCUT2D eigenvalue weighted by Gasteiger charge is -2.19. The molecule has 0 saturated carbocycles. The fraction of sp³-hybridized carbons (Fsp3) is 0.467. The lowest BCUT2D eigenvalue weighted by atomic mass is 10.0. The van der Waals surface area contributed by atoms with E-state index < -0.39 is 0 Å². The van der Waals surface area contributed by atoms with E-state index in [1.165, 1.54) is 0 Å². The second-order valence-corrected chi connectivity index (χ2v) is 5.96. The first-order chi connectivity index (χ1) is 9.61. The molecule has 108 valence electrons. The standard InChI is InChI=1S/C15H20BrN3O/c1-4-17-13(10(2)3)9-14-18-15(19-20-14)11-7-5-6-8-12(11)16/h5-8,10,13,17H,4,9H2,1-3H3. The van der Waals surface area contributed by atoms with E-state index in [1.54, 1.807) is 0 Å². The molecule has 0 saturated heterocycles. The van der Waals surface area contributed by atoms with Crippen LogP contribution in [0.3, 0.4) is 0 Å². The number of likely N-dealkylation sites (N-methyl/N-ethyl adjacent to an activating group) is 1. The minimum atomic E-state index is 0.354. The minimum absolute atomic E-state index is 0.354. The van der Waals surface area contributed by atoms with Crippen LogP contribution in [-0.4, -0.2) is 22.7 Å². The highest BCUT2D eigenvalue weighted by molar-refractivity contribution is 9.10. The molecule has 0 amide bonds. The summed E-state index contributed by atoms with van der Waals surface area (Å²) in [5.41, 5.74) is 0.951. The molecule has 0 aliphatic heterocycles. The average molecular weight is 338 g/mol. The Hall–Kier alpha value is -1.20. The molecule has 5 heteroatoms. The maximum absolute atomic E-state index is 5.38. The zero-order chi connectivity index (χ0) is 14.5. The molecule has 1 aromatic carbocycles. The quantitative estimate of drug-likeness (QED) is 0.873. The predicted molar refractivity (Wildman–Crippen MR) is 83.4 cm³/mol. The third kappa shape index (κ3) is 3.67. The van der Waals surface area contributed by atoms with Crippen molar-refractivity contribution in [3.63, 3.8) is 0 Å². The molecule has 1 N–H and O–H groups in total. The van der Waals surface area contributed by atoms with Gasteiger partial charge in [0.15, 0.2) is 0 Å². The van der Waals surface area contributed by atoms with E-state index in [9.17, 15) is 0 Å². The Morgan fingerprint density at radius 3 is 2.70 bits per heavy atom. The largest absolute Gasteiger partial charge is 0.339 e. The summed E-state index contributed by atoms with van der Waals surface area (Å²) in [5, 5.41) is 7.53. The molecule has 0 radical (unpaired) electrons. The first-order valence-electron chi connectivity index (χ1n) is 6.92. The van der Waals surface area contributed by atoms with Crippen molar-refractivity contribution in [2.45, 2.75) is 33.2 Å². The van der Waals surface area contributed by atoms with Crippen LogP contribution in [0.2, 0.25) is 0 Å². The van der Waals surface area contributed by atoms with E-state index in [0.29, 0.717) is 23.7 Å². The van der Waals surface area contributed by atoms with Crippen molar-refractivity contribution in [1.29, 1.82) is 0 Å². The lowest BCUT2D eigenvalue weighted by Crippen LogP contribution is -2.35. The van der Waals surface area contributed by atoms with E-state index in [-0.39, 0.29) is 0 Å². The van der Waals surface area contributed by atoms with Gasteiger partial charge in [0.1, 0.15) is 0 Å². The average Bonchev–Trinajstić information content (AvgIpc) is 2.87. The van der Waals surface area contributed by atoms with Gasteiger partial charge in [0.05, 0.1) is 0 Å². The maximum Gasteiger partial charge on any atom is 0.228 e. The van der Waals surface area contributed by atoms with Crippen LogP contribution in [0.4, 0.5) is 0 Å². The summed E-state index contributed by atoms with van der Waals surface area (Å²) in [4.78, 5) is 4.50. The van der Waals surface area contributed by atoms with Gasteiger partial charge in [0, 0.05) is 22.5 Å². The summed E-state index contributed by atoms with van der Waals surface area (Å²) in [7, 11) is 0. The minimum Gasteiger partial charge on any atom is -0.339 e. The molecule has 0 spiro atoms. The van der Waals surface area contributed by atoms with Crippen LogP contribution < -0.4 is 5.32 Å². The summed E-state index contributed by atoms with van der Waals surface area (Å²) in [5.74, 6) is 1.83. The highest BCUT2D eigenvalue weighted by Gasteiger charge is 2.18. The number of halogens is 1. The molecule has 2 aromatic rings. The molecule has 1 unspecified atom stereocenters. The maximum atomic E-state index is 5.38. The second-order valence-electron chi connectivity index (χ2n) is 5.10. The molecule has 20 heavy (non-hydrogen) atoms. The normalized spacial score (nSPS) is 12.8. The molecule has 1 aromatic heterocycles. The van der Waals surface area contributed by atoms with Gasteiger partial charge in [-0.15, -0.1) is 0 Å². The molecule has 1 heterocycles. The Balaban J connectivity index is 2.15. The number of nitrogens with zero attached hydrogens (tertiary/aromatic N) is 2. The van der Waals surface area contributed by atoms with Gasteiger partial charge in [-0.1, -0.05) is 54.0 Å². The summed E-state index contributed by atoms with van der Waals surface area (Å²) in [6.07, 6.45) is 0.753. The zero-order valence-electron chi connectivity index (χ0n) is 12.1. The smallest absolute Gasteiger partial charge is 0.228 e. The van der Waals surface area contributed by atoms with Crippen molar-refractivity contribution in [1.82, 2.24) is 15.5 Å². The monoisotopic (exact) mass is 337 g/mol. The van der Waals surface area contributed by atoms with Gasteiger partial charge in [0.2, 0.25) is 11.7 Å². The van der Waals surface area contributed by atoms with Crippen molar-refractivity contribution in [3.8, 4) is 11.4 Å². The third-order valence-electron chi connectivity index (χ3n) is 3.25. The Labute approximate surface area is 128 Å². The van der Waals surface area contributed by atoms with Crippen LogP contribution in [0, 0.1) is 5.92 Å². The zero-order valence-corrected chi connectivity index (χ0v) is 13.6. The van der Waals surface area contributed by atoms with E-state index in [4.69, 9.17) is 4.52 Å². The van der Waals surface area contributed by atoms with Crippen molar-refractivity contribution in [2.75, 3.05) is 6.54 Å². The van der Waals surface area contributed by atoms with Crippen molar-refractivity contribution < 1.29 is 4.52 Å². The summed E-state index contributed by atoms with van der Waals surface area (Å²) < 4.78 is 6.35. The number of aromatic nitrogens is 2. The second kappa shape index (κ2) is 6.99. The molecular formula is C15H20BrN3O. The highest BCUT2D eigenvalue weighted by Crippen LogP contribution is 2.25. The summed E-state index contributed by atoms with van der Waals surface area (Å²) in [6.45, 7) is 7.43. The fourth-order valence-electron chi connectivity index (χ4n) is 2.08. The third-order valence-corrected chi connectivity index (χ3v) is 3.94. The van der Waals surface area contributed by atoms with Gasteiger partial charge in [-0.2, -0.15) is 4.98 Å². The molecule has 4 nitrogen and oxygen atoms in total. The van der Waals surface area contributed by atoms with Gasteiger partial charge in [0.25, 0.3) is 0 Å². The molecule has 0 aliphatic rings. The number of rotatable bonds is 6. The van der Waals surface area contributed by atoms with E-state index in [0.717, 1.165) is 23.0 Å². The molecule has 0 aliphatic carbocycles. The van der Waals surface area contributed by atoms with E-state index >= 15 is 0 Å². The van der Waals surface area contributed by atoms with Crippen LogP contribution >= 0.6 is 15.9 Å². The van der Waals surface area contributed by atoms with Crippen molar-refractivity contribution in [3.05, 3.63) is 34.6 Å². The van der Waals surface area contributed by atoms with E-state index in [1.807, 2.05) is 24.3 Å². The molecule has 2 rings (SSSR count). The molecule has 1 atom stereocenters. The van der Waals surface area contributed by atoms with Crippen LogP contribution in [0.25, 0.3) is 11.4 Å². The summed E-state index contributed by atoms with van der Waals surface area (Å²) >= 11 is 3.51. The molecular weight excluding hydrogens is 318 g/mol. The lowest BCUT2D eigenvalue weighted by molar-refractivity contribution is 0.329. The first-order valence-corrected chi connectivity index (χ1v) is 7.72. The van der Waals surface area contributed by atoms with Crippen LogP contribution in [-0.2, 0) is 6.42 Å². The fourth-order valence-corrected chi connectivity index (χ4v) is 2.55. The molecule has 0 fully saturated rings. The number of nitrogens with one attached hydrogen (secondary N) is 1. The SMILES string of the molecule is CCNC(Cc1nc(-c2ccccc2Br)no1)C(C)C. The Bertz CT molecular complexity index is 554. The van der Waals surface area contributed by atoms with Gasteiger partial charge >= 0.3 is 0 Å². The number of hydrogen-bond acceptors (Lipinski definition) is 4. The van der Waals surface area contributed by atoms with Crippen molar-refractivity contribution in [2.24, 2.45) is 5.92 Å². The van der Waals surface area contributed by atoms with Gasteiger partial charge in [-0.25, -0.2) is 0 Å². The van der Waals surface area contributed by atoms with Crippen LogP contribution in [0.5, 0.6) is 0 Å². The molecule has 0 bridgehead atoms. The first kappa shape index (κ1) is 15.2. The van der Waals surface area contributed by atoms with Crippen LogP contribution in [0.1, 0.15) is 26.7 Å². The number of benzene rings is 1. The van der Waals surface area contributed by atoms with Gasteiger partial charge < -0.3 is 9.84 Å². The topological polar surface area (TPSA) is 51.0 Å². The van der Waals surface area contributed by atoms with E-state index in [2.05, 4.69) is 52.2 Å². The highest BCUT2D eigenvalue weighted by atomic mass is 79.9. The number of hydrogen-bond donors (Lipinski definition) is 1. The van der Waals surface area contributed by atoms with Crippen molar-refractivity contribution >= 4 is 15.9 Å². The Morgan fingerprint density at radius 1 is 1.30 bits per heavy atom. The predicted octanol–water partition coefficient (Wildman–Crippen LogP) is 3.68. The Kier molecular flexibility index (Phi) is 5.31.